The van der Waals surface area contributed by atoms with Gasteiger partial charge in [-0.05, 0) is 6.07 Å². The van der Waals surface area contributed by atoms with E-state index in [2.05, 4.69) is 0 Å². The van der Waals surface area contributed by atoms with E-state index in [1.54, 1.807) is 0 Å². The Morgan fingerprint density at radius 1 is 0.846 bits per heavy atom. The zero-order valence-electron chi connectivity index (χ0n) is 6.34. The fourth-order valence-electron chi connectivity index (χ4n) is 0.851. The molecule has 0 amide bonds. The average Bonchev–Trinajstić information content (AvgIpc) is 2.07. The molecule has 1 aromatic carbocycles. The zero-order chi connectivity index (χ0) is 10.2. The number of aliphatic hydroxyl groups is 2. The van der Waals surface area contributed by atoms with E-state index in [0.717, 1.165) is 6.07 Å². The first-order valence-corrected chi connectivity index (χ1v) is 3.28. The van der Waals surface area contributed by atoms with Crippen molar-refractivity contribution in [3.8, 4) is 23.0 Å². The summed E-state index contributed by atoms with van der Waals surface area (Å²) in [5.74, 6) is -3.55. The van der Waals surface area contributed by atoms with E-state index in [-0.39, 0.29) is 0 Å². The molecular formula is C7H8O6. The van der Waals surface area contributed by atoms with Gasteiger partial charge in [-0.25, -0.2) is 0 Å². The van der Waals surface area contributed by atoms with Crippen molar-refractivity contribution < 1.29 is 30.6 Å². The third-order valence-corrected chi connectivity index (χ3v) is 1.54. The molecule has 0 aliphatic heterocycles. The molecule has 0 radical (unpaired) electrons. The minimum absolute atomic E-state index is 0.493. The zero-order valence-corrected chi connectivity index (χ0v) is 6.34. The number of benzene rings is 1. The SMILES string of the molecule is Oc1cc(C(O)O)c(O)c(O)c1O. The lowest BCUT2D eigenvalue weighted by Crippen LogP contribution is -1.95. The monoisotopic (exact) mass is 188 g/mol. The molecule has 0 unspecified atom stereocenters. The lowest BCUT2D eigenvalue weighted by atomic mass is 10.1. The van der Waals surface area contributed by atoms with Crippen LogP contribution in [0.25, 0.3) is 0 Å². The molecule has 1 aromatic rings. The van der Waals surface area contributed by atoms with Crippen LogP contribution in [0.15, 0.2) is 6.07 Å². The van der Waals surface area contributed by atoms with Crippen molar-refractivity contribution in [2.75, 3.05) is 0 Å². The Labute approximate surface area is 72.6 Å². The highest BCUT2D eigenvalue weighted by Crippen LogP contribution is 2.45. The van der Waals surface area contributed by atoms with Crippen LogP contribution < -0.4 is 0 Å². The first-order chi connectivity index (χ1) is 5.95. The number of phenolic OH excluding ortho intramolecular Hbond substituents is 4. The van der Waals surface area contributed by atoms with E-state index in [1.165, 1.54) is 0 Å². The van der Waals surface area contributed by atoms with Gasteiger partial charge in [-0.2, -0.15) is 0 Å². The van der Waals surface area contributed by atoms with E-state index < -0.39 is 34.9 Å². The summed E-state index contributed by atoms with van der Waals surface area (Å²) in [5, 5.41) is 53.0. The molecule has 0 spiro atoms. The van der Waals surface area contributed by atoms with E-state index >= 15 is 0 Å². The maximum absolute atomic E-state index is 9.03. The number of phenols is 4. The second-order valence-electron chi connectivity index (χ2n) is 2.40. The minimum atomic E-state index is -2.04. The summed E-state index contributed by atoms with van der Waals surface area (Å²) >= 11 is 0. The van der Waals surface area contributed by atoms with Gasteiger partial charge in [0.05, 0.1) is 5.56 Å². The number of aliphatic hydroxyl groups excluding tert-OH is 1. The fraction of sp³-hybridized carbons (Fsp3) is 0.143. The minimum Gasteiger partial charge on any atom is -0.504 e. The highest BCUT2D eigenvalue weighted by atomic mass is 16.5. The van der Waals surface area contributed by atoms with Crippen LogP contribution in [0.4, 0.5) is 0 Å². The summed E-state index contributed by atoms with van der Waals surface area (Å²) in [4.78, 5) is 0. The van der Waals surface area contributed by atoms with Crippen molar-refractivity contribution in [1.82, 2.24) is 0 Å². The second-order valence-corrected chi connectivity index (χ2v) is 2.40. The van der Waals surface area contributed by atoms with E-state index in [4.69, 9.17) is 30.6 Å². The Kier molecular flexibility index (Phi) is 2.18. The number of rotatable bonds is 1. The maximum Gasteiger partial charge on any atom is 0.204 e. The summed E-state index contributed by atoms with van der Waals surface area (Å²) < 4.78 is 0. The second kappa shape index (κ2) is 3.00. The number of hydrogen-bond donors (Lipinski definition) is 6. The van der Waals surface area contributed by atoms with Crippen LogP contribution in [0.3, 0.4) is 0 Å². The van der Waals surface area contributed by atoms with Crippen molar-refractivity contribution in [1.29, 1.82) is 0 Å². The molecule has 1 rings (SSSR count). The molecule has 13 heavy (non-hydrogen) atoms. The number of aromatic hydroxyl groups is 4. The Balaban J connectivity index is 3.41. The van der Waals surface area contributed by atoms with Gasteiger partial charge in [0.2, 0.25) is 11.5 Å². The van der Waals surface area contributed by atoms with Crippen LogP contribution in [-0.2, 0) is 0 Å². The summed E-state index contributed by atoms with van der Waals surface area (Å²) in [6.45, 7) is 0. The molecule has 0 aromatic heterocycles. The molecule has 0 saturated heterocycles. The molecule has 0 aliphatic carbocycles. The molecule has 0 bridgehead atoms. The van der Waals surface area contributed by atoms with Gasteiger partial charge >= 0.3 is 0 Å². The summed E-state index contributed by atoms with van der Waals surface area (Å²) in [7, 11) is 0. The molecule has 0 heterocycles. The van der Waals surface area contributed by atoms with E-state index in [9.17, 15) is 0 Å². The van der Waals surface area contributed by atoms with Crippen LogP contribution >= 0.6 is 0 Å². The van der Waals surface area contributed by atoms with E-state index in [1.807, 2.05) is 0 Å². The van der Waals surface area contributed by atoms with Crippen LogP contribution in [0.5, 0.6) is 23.0 Å². The van der Waals surface area contributed by atoms with Gasteiger partial charge in [0.15, 0.2) is 17.8 Å². The largest absolute Gasteiger partial charge is 0.504 e. The molecule has 6 heteroatoms. The van der Waals surface area contributed by atoms with Gasteiger partial charge in [0.1, 0.15) is 0 Å². The van der Waals surface area contributed by atoms with Crippen LogP contribution in [0.2, 0.25) is 0 Å². The summed E-state index contributed by atoms with van der Waals surface area (Å²) in [5.41, 5.74) is -0.493. The first kappa shape index (κ1) is 9.43. The highest BCUT2D eigenvalue weighted by molar-refractivity contribution is 5.60. The van der Waals surface area contributed by atoms with Crippen molar-refractivity contribution in [3.63, 3.8) is 0 Å². The predicted octanol–water partition coefficient (Wildman–Crippen LogP) is -0.508. The van der Waals surface area contributed by atoms with Crippen molar-refractivity contribution in [2.24, 2.45) is 0 Å². The predicted molar refractivity (Wildman–Crippen MR) is 40.3 cm³/mol. The first-order valence-electron chi connectivity index (χ1n) is 3.28. The van der Waals surface area contributed by atoms with Gasteiger partial charge in [-0.3, -0.25) is 0 Å². The molecule has 6 N–H and O–H groups in total. The molecule has 0 aliphatic rings. The Bertz CT molecular complexity index is 332. The molecular weight excluding hydrogens is 180 g/mol. The third kappa shape index (κ3) is 1.44. The van der Waals surface area contributed by atoms with Crippen LogP contribution in [0, 0.1) is 0 Å². The smallest absolute Gasteiger partial charge is 0.204 e. The summed E-state index contributed by atoms with van der Waals surface area (Å²) in [6, 6.07) is 0.731. The topological polar surface area (TPSA) is 121 Å². The number of hydrogen-bond acceptors (Lipinski definition) is 6. The third-order valence-electron chi connectivity index (χ3n) is 1.54. The molecule has 72 valence electrons. The van der Waals surface area contributed by atoms with Gasteiger partial charge < -0.3 is 30.6 Å². The Morgan fingerprint density at radius 2 is 1.38 bits per heavy atom. The summed E-state index contributed by atoms with van der Waals surface area (Å²) in [6.07, 6.45) is -2.04. The molecule has 0 atom stereocenters. The van der Waals surface area contributed by atoms with Gasteiger partial charge in [0, 0.05) is 0 Å². The van der Waals surface area contributed by atoms with Crippen LogP contribution in [-0.4, -0.2) is 30.6 Å². The molecule has 0 saturated carbocycles. The highest BCUT2D eigenvalue weighted by Gasteiger charge is 2.19. The Hall–Kier alpha value is -1.66. The van der Waals surface area contributed by atoms with Gasteiger partial charge in [-0.1, -0.05) is 0 Å². The van der Waals surface area contributed by atoms with Crippen molar-refractivity contribution >= 4 is 0 Å². The average molecular weight is 188 g/mol. The quantitative estimate of drug-likeness (QED) is 0.200. The maximum atomic E-state index is 9.03. The normalized spacial score (nSPS) is 10.7. The van der Waals surface area contributed by atoms with Crippen molar-refractivity contribution in [3.05, 3.63) is 11.6 Å². The molecule has 0 fully saturated rings. The van der Waals surface area contributed by atoms with Crippen molar-refractivity contribution in [2.45, 2.75) is 6.29 Å². The van der Waals surface area contributed by atoms with Gasteiger partial charge in [-0.15, -0.1) is 0 Å². The fourth-order valence-corrected chi connectivity index (χ4v) is 0.851. The lowest BCUT2D eigenvalue weighted by Gasteiger charge is -2.10. The molecule has 6 nitrogen and oxygen atoms in total. The van der Waals surface area contributed by atoms with E-state index in [0.29, 0.717) is 0 Å². The lowest BCUT2D eigenvalue weighted by molar-refractivity contribution is -0.0442. The standard InChI is InChI=1S/C7H8O6/c8-3-1-2(7(12)13)4(9)6(11)5(3)10/h1,7-13H. The van der Waals surface area contributed by atoms with Gasteiger partial charge in [0.25, 0.3) is 0 Å². The Morgan fingerprint density at radius 3 is 1.85 bits per heavy atom. The van der Waals surface area contributed by atoms with Crippen LogP contribution in [0.1, 0.15) is 11.9 Å².